The number of amides is 1. The SMILES string of the molecule is CCCC(CCC)NCCN(CCc1ccc(O)c2[nH]c(=O)sc12)C(=O)O. The largest absolute Gasteiger partial charge is 0.506 e. The minimum Gasteiger partial charge on any atom is -0.506 e. The maximum Gasteiger partial charge on any atom is 0.407 e. The number of fused-ring (bicyclic) bond motifs is 1. The minimum absolute atomic E-state index is 0.0317. The zero-order valence-corrected chi connectivity index (χ0v) is 16.8. The third-order valence-corrected chi connectivity index (χ3v) is 5.61. The molecule has 0 saturated carbocycles. The molecule has 8 heteroatoms. The molecule has 27 heavy (non-hydrogen) atoms. The average molecular weight is 396 g/mol. The fraction of sp³-hybridized carbons (Fsp3) is 0.579. The molecule has 0 saturated heterocycles. The number of nitrogens with one attached hydrogen (secondary N) is 2. The van der Waals surface area contributed by atoms with Crippen molar-refractivity contribution in [2.75, 3.05) is 19.6 Å². The monoisotopic (exact) mass is 395 g/mol. The Bertz CT molecular complexity index is 796. The van der Waals surface area contributed by atoms with Gasteiger partial charge in [-0.1, -0.05) is 44.1 Å². The highest BCUT2D eigenvalue weighted by Gasteiger charge is 2.15. The van der Waals surface area contributed by atoms with E-state index in [1.165, 1.54) is 11.0 Å². The third kappa shape index (κ3) is 5.97. The molecule has 0 bridgehead atoms. The molecule has 150 valence electrons. The molecule has 0 aliphatic carbocycles. The minimum atomic E-state index is -0.948. The van der Waals surface area contributed by atoms with Crippen LogP contribution in [0.1, 0.15) is 45.1 Å². The number of thiazole rings is 1. The number of aromatic hydroxyl groups is 1. The van der Waals surface area contributed by atoms with Gasteiger partial charge in [-0.2, -0.15) is 0 Å². The van der Waals surface area contributed by atoms with Crippen LogP contribution in [0.3, 0.4) is 0 Å². The maximum atomic E-state index is 11.6. The Morgan fingerprint density at radius 1 is 1.26 bits per heavy atom. The molecule has 2 aromatic rings. The van der Waals surface area contributed by atoms with Gasteiger partial charge in [0.05, 0.1) is 4.70 Å². The van der Waals surface area contributed by atoms with Crippen LogP contribution in [0.2, 0.25) is 0 Å². The molecule has 1 aromatic heterocycles. The van der Waals surface area contributed by atoms with Crippen LogP contribution in [-0.4, -0.2) is 51.9 Å². The molecule has 1 amide bonds. The van der Waals surface area contributed by atoms with Gasteiger partial charge in [0.15, 0.2) is 0 Å². The Balaban J connectivity index is 1.96. The summed E-state index contributed by atoms with van der Waals surface area (Å²) >= 11 is 1.04. The number of aromatic nitrogens is 1. The van der Waals surface area contributed by atoms with Crippen molar-refractivity contribution in [1.29, 1.82) is 0 Å². The van der Waals surface area contributed by atoms with E-state index in [1.54, 1.807) is 6.07 Å². The molecule has 0 fully saturated rings. The van der Waals surface area contributed by atoms with Gasteiger partial charge in [0.2, 0.25) is 0 Å². The summed E-state index contributed by atoms with van der Waals surface area (Å²) < 4.78 is 0.689. The second-order valence-electron chi connectivity index (χ2n) is 6.71. The smallest absolute Gasteiger partial charge is 0.407 e. The number of H-pyrrole nitrogens is 1. The first-order valence-corrected chi connectivity index (χ1v) is 10.3. The second-order valence-corrected chi connectivity index (χ2v) is 7.69. The lowest BCUT2D eigenvalue weighted by atomic mass is 10.1. The van der Waals surface area contributed by atoms with Gasteiger partial charge in [0.1, 0.15) is 11.3 Å². The first-order valence-electron chi connectivity index (χ1n) is 9.51. The Morgan fingerprint density at radius 2 is 1.96 bits per heavy atom. The molecule has 2 rings (SSSR count). The van der Waals surface area contributed by atoms with E-state index in [0.29, 0.717) is 42.3 Å². The van der Waals surface area contributed by atoms with Gasteiger partial charge in [0.25, 0.3) is 0 Å². The highest BCUT2D eigenvalue weighted by atomic mass is 32.1. The van der Waals surface area contributed by atoms with E-state index in [-0.39, 0.29) is 10.6 Å². The molecule has 0 atom stereocenters. The number of aromatic amines is 1. The number of phenolic OH excluding ortho intramolecular Hbond substituents is 1. The molecule has 4 N–H and O–H groups in total. The van der Waals surface area contributed by atoms with Crippen LogP contribution in [0.4, 0.5) is 4.79 Å². The van der Waals surface area contributed by atoms with E-state index >= 15 is 0 Å². The molecule has 0 aliphatic rings. The van der Waals surface area contributed by atoms with Crippen LogP contribution in [0.5, 0.6) is 5.75 Å². The van der Waals surface area contributed by atoms with Gasteiger partial charge in [0, 0.05) is 25.7 Å². The van der Waals surface area contributed by atoms with Gasteiger partial charge in [-0.05, 0) is 30.9 Å². The number of hydrogen-bond acceptors (Lipinski definition) is 5. The first kappa shape index (κ1) is 21.2. The quantitative estimate of drug-likeness (QED) is 0.467. The van der Waals surface area contributed by atoms with Crippen molar-refractivity contribution in [3.63, 3.8) is 0 Å². The molecule has 1 aromatic carbocycles. The molecule has 0 radical (unpaired) electrons. The van der Waals surface area contributed by atoms with E-state index < -0.39 is 6.09 Å². The summed E-state index contributed by atoms with van der Waals surface area (Å²) in [6.07, 6.45) is 3.95. The summed E-state index contributed by atoms with van der Waals surface area (Å²) in [6.45, 7) is 5.70. The predicted molar refractivity (Wildman–Crippen MR) is 109 cm³/mol. The van der Waals surface area contributed by atoms with E-state index in [1.807, 2.05) is 0 Å². The van der Waals surface area contributed by atoms with Crippen molar-refractivity contribution >= 4 is 27.6 Å². The topological polar surface area (TPSA) is 106 Å². The van der Waals surface area contributed by atoms with Gasteiger partial charge in [-0.25, -0.2) is 4.79 Å². The van der Waals surface area contributed by atoms with Crippen LogP contribution >= 0.6 is 11.3 Å². The summed E-state index contributed by atoms with van der Waals surface area (Å²) in [5.41, 5.74) is 1.29. The number of hydrogen-bond donors (Lipinski definition) is 4. The maximum absolute atomic E-state index is 11.6. The van der Waals surface area contributed by atoms with Crippen molar-refractivity contribution in [2.24, 2.45) is 0 Å². The van der Waals surface area contributed by atoms with Gasteiger partial charge in [-0.3, -0.25) is 4.79 Å². The molecule has 1 heterocycles. The summed E-state index contributed by atoms with van der Waals surface area (Å²) in [7, 11) is 0. The predicted octanol–water partition coefficient (Wildman–Crippen LogP) is 3.38. The Labute approximate surface area is 163 Å². The third-order valence-electron chi connectivity index (χ3n) is 4.65. The number of carboxylic acid groups (broad SMARTS) is 1. The van der Waals surface area contributed by atoms with Crippen LogP contribution in [0.15, 0.2) is 16.9 Å². The molecule has 0 aliphatic heterocycles. The van der Waals surface area contributed by atoms with Crippen LogP contribution < -0.4 is 10.2 Å². The molecule has 7 nitrogen and oxygen atoms in total. The average Bonchev–Trinajstić information content (AvgIpc) is 3.02. The van der Waals surface area contributed by atoms with Gasteiger partial charge < -0.3 is 25.4 Å². The van der Waals surface area contributed by atoms with Gasteiger partial charge >= 0.3 is 11.0 Å². The highest BCUT2D eigenvalue weighted by molar-refractivity contribution is 7.16. The van der Waals surface area contributed by atoms with Crippen LogP contribution in [-0.2, 0) is 6.42 Å². The number of phenols is 1. The lowest BCUT2D eigenvalue weighted by molar-refractivity contribution is 0.145. The lowest BCUT2D eigenvalue weighted by Gasteiger charge is -2.22. The Kier molecular flexibility index (Phi) is 8.12. The van der Waals surface area contributed by atoms with E-state index in [0.717, 1.165) is 42.6 Å². The molecule has 0 unspecified atom stereocenters. The van der Waals surface area contributed by atoms with E-state index in [9.17, 15) is 19.8 Å². The summed E-state index contributed by atoms with van der Waals surface area (Å²) in [6, 6.07) is 3.72. The standard InChI is InChI=1S/C19H29N3O4S/c1-3-5-14(6-4-2)20-10-12-22(19(25)26)11-9-13-7-8-15(23)16-17(13)27-18(24)21-16/h7-8,14,20,23H,3-6,9-12H2,1-2H3,(H,21,24)(H,25,26). The molecule has 0 spiro atoms. The fourth-order valence-corrected chi connectivity index (χ4v) is 4.17. The van der Waals surface area contributed by atoms with Gasteiger partial charge in [-0.15, -0.1) is 0 Å². The lowest BCUT2D eigenvalue weighted by Crippen LogP contribution is -2.40. The summed E-state index contributed by atoms with van der Waals surface area (Å²) in [5.74, 6) is 0.0317. The summed E-state index contributed by atoms with van der Waals surface area (Å²) in [4.78, 5) is 27.0. The number of benzene rings is 1. The first-order chi connectivity index (χ1) is 13.0. The second kappa shape index (κ2) is 10.3. The van der Waals surface area contributed by atoms with Crippen molar-refractivity contribution < 1.29 is 15.0 Å². The van der Waals surface area contributed by atoms with E-state index in [4.69, 9.17) is 0 Å². The zero-order chi connectivity index (χ0) is 19.8. The van der Waals surface area contributed by atoms with Crippen LogP contribution in [0, 0.1) is 0 Å². The van der Waals surface area contributed by atoms with Crippen molar-refractivity contribution in [3.8, 4) is 5.75 Å². The van der Waals surface area contributed by atoms with Crippen molar-refractivity contribution in [2.45, 2.75) is 52.0 Å². The summed E-state index contributed by atoms with van der Waals surface area (Å²) in [5, 5.41) is 22.8. The number of rotatable bonds is 11. The molecular weight excluding hydrogens is 366 g/mol. The Hall–Kier alpha value is -2.06. The van der Waals surface area contributed by atoms with Crippen molar-refractivity contribution in [1.82, 2.24) is 15.2 Å². The molecular formula is C19H29N3O4S. The van der Waals surface area contributed by atoms with Crippen LogP contribution in [0.25, 0.3) is 10.2 Å². The normalized spacial score (nSPS) is 11.4. The Morgan fingerprint density at radius 3 is 2.59 bits per heavy atom. The van der Waals surface area contributed by atoms with Crippen molar-refractivity contribution in [3.05, 3.63) is 27.4 Å². The number of nitrogens with zero attached hydrogens (tertiary/aromatic N) is 1. The fourth-order valence-electron chi connectivity index (χ4n) is 3.28. The number of carbonyl (C=O) groups is 1. The zero-order valence-electron chi connectivity index (χ0n) is 16.0. The van der Waals surface area contributed by atoms with E-state index in [2.05, 4.69) is 24.1 Å². The highest BCUT2D eigenvalue weighted by Crippen LogP contribution is 2.28.